The molecule has 2 aromatic carbocycles. The second kappa shape index (κ2) is 7.10. The van der Waals surface area contributed by atoms with E-state index in [1.807, 2.05) is 43.3 Å². The number of rotatable bonds is 4. The summed E-state index contributed by atoms with van der Waals surface area (Å²) >= 11 is 6.09. The van der Waals surface area contributed by atoms with Crippen LogP contribution in [-0.2, 0) is 0 Å². The lowest BCUT2D eigenvalue weighted by atomic mass is 10.1. The summed E-state index contributed by atoms with van der Waals surface area (Å²) in [7, 11) is 0. The minimum absolute atomic E-state index is 0.222. The number of hydrogen-bond donors (Lipinski definition) is 2. The van der Waals surface area contributed by atoms with Crippen LogP contribution in [0.25, 0.3) is 0 Å². The van der Waals surface area contributed by atoms with Crippen LogP contribution in [0.3, 0.4) is 0 Å². The van der Waals surface area contributed by atoms with Crippen LogP contribution in [0, 0.1) is 6.92 Å². The van der Waals surface area contributed by atoms with Crippen molar-refractivity contribution >= 4 is 34.8 Å². The number of aromatic nitrogens is 2. The molecular formula is C18H15ClN4O. The fraction of sp³-hybridized carbons (Fsp3) is 0.0556. The fourth-order valence-electron chi connectivity index (χ4n) is 2.14. The van der Waals surface area contributed by atoms with Gasteiger partial charge in [-0.15, -0.1) is 10.2 Å². The Morgan fingerprint density at radius 3 is 2.42 bits per heavy atom. The topological polar surface area (TPSA) is 66.9 Å². The highest BCUT2D eigenvalue weighted by Gasteiger charge is 2.08. The third-order valence-electron chi connectivity index (χ3n) is 3.32. The largest absolute Gasteiger partial charge is 0.338 e. The molecule has 0 atom stereocenters. The van der Waals surface area contributed by atoms with Crippen LogP contribution in [0.15, 0.2) is 60.7 Å². The molecule has 0 saturated heterocycles. The van der Waals surface area contributed by atoms with Gasteiger partial charge < -0.3 is 10.6 Å². The van der Waals surface area contributed by atoms with Crippen LogP contribution in [-0.4, -0.2) is 16.1 Å². The zero-order chi connectivity index (χ0) is 16.9. The maximum absolute atomic E-state index is 12.2. The molecule has 0 aliphatic heterocycles. The Kier molecular flexibility index (Phi) is 4.72. The summed E-state index contributed by atoms with van der Waals surface area (Å²) in [5.41, 5.74) is 2.34. The molecular weight excluding hydrogens is 324 g/mol. The number of nitrogens with one attached hydrogen (secondary N) is 2. The molecule has 0 bridgehead atoms. The Balaban J connectivity index is 1.68. The van der Waals surface area contributed by atoms with Gasteiger partial charge in [-0.2, -0.15) is 0 Å². The van der Waals surface area contributed by atoms with Crippen molar-refractivity contribution in [2.24, 2.45) is 0 Å². The van der Waals surface area contributed by atoms with Crippen molar-refractivity contribution in [2.75, 3.05) is 10.6 Å². The Hall–Kier alpha value is -2.92. The Morgan fingerprint density at radius 1 is 0.958 bits per heavy atom. The number of amides is 1. The normalized spacial score (nSPS) is 10.2. The first-order valence-corrected chi connectivity index (χ1v) is 7.73. The van der Waals surface area contributed by atoms with Gasteiger partial charge in [0.1, 0.15) is 0 Å². The van der Waals surface area contributed by atoms with Crippen LogP contribution in [0.5, 0.6) is 0 Å². The number of nitrogens with zero attached hydrogens (tertiary/aromatic N) is 2. The molecule has 0 aliphatic carbocycles. The summed E-state index contributed by atoms with van der Waals surface area (Å²) in [6.07, 6.45) is 0. The smallest absolute Gasteiger partial charge is 0.256 e. The number of hydrogen-bond acceptors (Lipinski definition) is 4. The lowest BCUT2D eigenvalue weighted by Crippen LogP contribution is -2.13. The van der Waals surface area contributed by atoms with E-state index in [0.717, 1.165) is 11.3 Å². The first-order chi connectivity index (χ1) is 11.6. The van der Waals surface area contributed by atoms with Gasteiger partial charge in [-0.3, -0.25) is 4.79 Å². The monoisotopic (exact) mass is 338 g/mol. The van der Waals surface area contributed by atoms with Crippen molar-refractivity contribution in [1.82, 2.24) is 10.2 Å². The molecule has 0 radical (unpaired) electrons. The first-order valence-electron chi connectivity index (χ1n) is 7.35. The molecule has 2 N–H and O–H groups in total. The number of halogens is 1. The summed E-state index contributed by atoms with van der Waals surface area (Å²) in [6.45, 7) is 1.94. The van der Waals surface area contributed by atoms with Crippen molar-refractivity contribution in [3.05, 3.63) is 76.8 Å². The molecule has 0 fully saturated rings. The molecule has 1 heterocycles. The van der Waals surface area contributed by atoms with E-state index in [0.29, 0.717) is 22.2 Å². The van der Waals surface area contributed by atoms with E-state index in [1.165, 1.54) is 0 Å². The lowest BCUT2D eigenvalue weighted by molar-refractivity contribution is 0.102. The predicted octanol–water partition coefficient (Wildman–Crippen LogP) is 4.43. The van der Waals surface area contributed by atoms with Gasteiger partial charge in [0.2, 0.25) is 0 Å². The van der Waals surface area contributed by atoms with E-state index < -0.39 is 0 Å². The quantitative estimate of drug-likeness (QED) is 0.738. The SMILES string of the molecule is Cc1cccc(C(=O)Nc2ccc(Nc3ccccc3Cl)nn2)c1. The van der Waals surface area contributed by atoms with Crippen LogP contribution >= 0.6 is 11.6 Å². The number of carbonyl (C=O) groups is 1. The highest BCUT2D eigenvalue weighted by molar-refractivity contribution is 6.33. The van der Waals surface area contributed by atoms with Crippen LogP contribution < -0.4 is 10.6 Å². The second-order valence-corrected chi connectivity index (χ2v) is 5.64. The summed E-state index contributed by atoms with van der Waals surface area (Å²) in [5.74, 6) is 0.697. The van der Waals surface area contributed by atoms with Crippen LogP contribution in [0.1, 0.15) is 15.9 Å². The van der Waals surface area contributed by atoms with E-state index >= 15 is 0 Å². The highest BCUT2D eigenvalue weighted by atomic mass is 35.5. The molecule has 3 rings (SSSR count). The molecule has 0 unspecified atom stereocenters. The van der Waals surface area contributed by atoms with Gasteiger partial charge in [0.15, 0.2) is 11.6 Å². The Morgan fingerprint density at radius 2 is 1.71 bits per heavy atom. The third kappa shape index (κ3) is 3.88. The molecule has 5 nitrogen and oxygen atoms in total. The molecule has 24 heavy (non-hydrogen) atoms. The van der Waals surface area contributed by atoms with Gasteiger partial charge in [0, 0.05) is 5.56 Å². The number of anilines is 3. The van der Waals surface area contributed by atoms with Gasteiger partial charge >= 0.3 is 0 Å². The number of benzene rings is 2. The molecule has 0 saturated carbocycles. The molecule has 1 aromatic heterocycles. The molecule has 3 aromatic rings. The van der Waals surface area contributed by atoms with Crippen molar-refractivity contribution in [2.45, 2.75) is 6.92 Å². The number of carbonyl (C=O) groups excluding carboxylic acids is 1. The van der Waals surface area contributed by atoms with Crippen molar-refractivity contribution in [1.29, 1.82) is 0 Å². The van der Waals surface area contributed by atoms with Crippen molar-refractivity contribution in [3.63, 3.8) is 0 Å². The van der Waals surface area contributed by atoms with Crippen molar-refractivity contribution < 1.29 is 4.79 Å². The zero-order valence-corrected chi connectivity index (χ0v) is 13.7. The fourth-order valence-corrected chi connectivity index (χ4v) is 2.32. The van der Waals surface area contributed by atoms with E-state index in [9.17, 15) is 4.79 Å². The number of para-hydroxylation sites is 1. The average Bonchev–Trinajstić information content (AvgIpc) is 2.58. The first kappa shape index (κ1) is 16.0. The molecule has 6 heteroatoms. The predicted molar refractivity (Wildman–Crippen MR) is 95.9 cm³/mol. The van der Waals surface area contributed by atoms with Gasteiger partial charge in [-0.05, 0) is 43.3 Å². The van der Waals surface area contributed by atoms with Crippen molar-refractivity contribution in [3.8, 4) is 0 Å². The van der Waals surface area contributed by atoms with Gasteiger partial charge in [-0.1, -0.05) is 41.4 Å². The van der Waals surface area contributed by atoms with Gasteiger partial charge in [0.05, 0.1) is 10.7 Å². The van der Waals surface area contributed by atoms with Crippen LogP contribution in [0.2, 0.25) is 5.02 Å². The maximum Gasteiger partial charge on any atom is 0.256 e. The standard InChI is InChI=1S/C18H15ClN4O/c1-12-5-4-6-13(11-12)18(24)21-17-10-9-16(22-23-17)20-15-8-3-2-7-14(15)19/h2-11H,1H3,(H,20,22)(H,21,23,24). The summed E-state index contributed by atoms with van der Waals surface area (Å²) in [6, 6.07) is 18.1. The minimum atomic E-state index is -0.222. The summed E-state index contributed by atoms with van der Waals surface area (Å²) in [4.78, 5) is 12.2. The Labute approximate surface area is 144 Å². The molecule has 1 amide bonds. The molecule has 0 spiro atoms. The summed E-state index contributed by atoms with van der Waals surface area (Å²) in [5, 5.41) is 14.4. The average molecular weight is 339 g/mol. The van der Waals surface area contributed by atoms with Gasteiger partial charge in [0.25, 0.3) is 5.91 Å². The maximum atomic E-state index is 12.2. The van der Waals surface area contributed by atoms with E-state index in [2.05, 4.69) is 20.8 Å². The van der Waals surface area contributed by atoms with E-state index in [-0.39, 0.29) is 5.91 Å². The van der Waals surface area contributed by atoms with Crippen LogP contribution in [0.4, 0.5) is 17.3 Å². The minimum Gasteiger partial charge on any atom is -0.338 e. The van der Waals surface area contributed by atoms with E-state index in [4.69, 9.17) is 11.6 Å². The number of aryl methyl sites for hydroxylation is 1. The van der Waals surface area contributed by atoms with E-state index in [1.54, 1.807) is 24.3 Å². The third-order valence-corrected chi connectivity index (χ3v) is 3.65. The second-order valence-electron chi connectivity index (χ2n) is 5.23. The zero-order valence-electron chi connectivity index (χ0n) is 13.0. The van der Waals surface area contributed by atoms with Gasteiger partial charge in [-0.25, -0.2) is 0 Å². The molecule has 0 aliphatic rings. The highest BCUT2D eigenvalue weighted by Crippen LogP contribution is 2.23. The summed E-state index contributed by atoms with van der Waals surface area (Å²) < 4.78 is 0. The Bertz CT molecular complexity index is 865. The lowest BCUT2D eigenvalue weighted by Gasteiger charge is -2.08. The molecule has 120 valence electrons.